The second-order valence-corrected chi connectivity index (χ2v) is 5.01. The molecule has 0 aliphatic carbocycles. The molecule has 1 N–H and O–H groups in total. The van der Waals surface area contributed by atoms with Gasteiger partial charge < -0.3 is 14.6 Å². The summed E-state index contributed by atoms with van der Waals surface area (Å²) < 4.78 is 7.59. The molecule has 1 heterocycles. The largest absolute Gasteiger partial charge is 0.483 e. The van der Waals surface area contributed by atoms with Gasteiger partial charge in [0.15, 0.2) is 6.61 Å². The van der Waals surface area contributed by atoms with Crippen molar-refractivity contribution in [3.8, 4) is 5.75 Å². The number of carbonyl (C=O) groups is 1. The normalized spacial score (nSPS) is 10.4. The predicted molar refractivity (Wildman–Crippen MR) is 81.3 cm³/mol. The fourth-order valence-electron chi connectivity index (χ4n) is 2.12. The number of amides is 1. The number of aromatic nitrogens is 2. The Balaban J connectivity index is 1.68. The Morgan fingerprint density at radius 3 is 2.76 bits per heavy atom. The highest BCUT2D eigenvalue weighted by Gasteiger charge is 2.06. The summed E-state index contributed by atoms with van der Waals surface area (Å²) in [7, 11) is 0. The summed E-state index contributed by atoms with van der Waals surface area (Å²) in [6, 6.07) is 5.93. The smallest absolute Gasteiger partial charge is 0.257 e. The molecule has 0 radical (unpaired) electrons. The van der Waals surface area contributed by atoms with Gasteiger partial charge >= 0.3 is 0 Å². The number of ether oxygens (including phenoxy) is 1. The molecule has 1 aromatic carbocycles. The molecule has 0 spiro atoms. The van der Waals surface area contributed by atoms with Crippen LogP contribution in [0, 0.1) is 13.8 Å². The van der Waals surface area contributed by atoms with E-state index in [4.69, 9.17) is 4.74 Å². The second kappa shape index (κ2) is 7.47. The van der Waals surface area contributed by atoms with Crippen LogP contribution in [-0.4, -0.2) is 28.6 Å². The van der Waals surface area contributed by atoms with E-state index in [9.17, 15) is 4.79 Å². The molecular formula is C16H21N3O2. The lowest BCUT2D eigenvalue weighted by Gasteiger charge is -2.12. The third-order valence-electron chi connectivity index (χ3n) is 3.23. The van der Waals surface area contributed by atoms with Crippen LogP contribution in [-0.2, 0) is 11.3 Å². The van der Waals surface area contributed by atoms with Crippen molar-refractivity contribution in [2.45, 2.75) is 26.8 Å². The van der Waals surface area contributed by atoms with Gasteiger partial charge in [-0.3, -0.25) is 4.79 Å². The van der Waals surface area contributed by atoms with Gasteiger partial charge in [-0.05, 0) is 31.4 Å². The molecule has 0 aliphatic heterocycles. The van der Waals surface area contributed by atoms with Gasteiger partial charge in [0.1, 0.15) is 5.75 Å². The minimum Gasteiger partial charge on any atom is -0.483 e. The van der Waals surface area contributed by atoms with E-state index in [2.05, 4.69) is 10.3 Å². The van der Waals surface area contributed by atoms with E-state index in [1.165, 1.54) is 0 Å². The Hall–Kier alpha value is -2.30. The van der Waals surface area contributed by atoms with Gasteiger partial charge in [-0.25, -0.2) is 4.98 Å². The summed E-state index contributed by atoms with van der Waals surface area (Å²) in [5.41, 5.74) is 2.09. The average Bonchev–Trinajstić information content (AvgIpc) is 2.96. The van der Waals surface area contributed by atoms with E-state index in [1.54, 1.807) is 12.5 Å². The molecule has 21 heavy (non-hydrogen) atoms. The first-order chi connectivity index (χ1) is 10.2. The maximum Gasteiger partial charge on any atom is 0.257 e. The van der Waals surface area contributed by atoms with Crippen LogP contribution in [0.1, 0.15) is 17.5 Å². The fourth-order valence-corrected chi connectivity index (χ4v) is 2.12. The summed E-state index contributed by atoms with van der Waals surface area (Å²) in [6.45, 7) is 5.48. The van der Waals surface area contributed by atoms with Crippen LogP contribution in [0.4, 0.5) is 0 Å². The van der Waals surface area contributed by atoms with E-state index in [-0.39, 0.29) is 12.5 Å². The Kier molecular flexibility index (Phi) is 5.37. The molecule has 0 saturated carbocycles. The summed E-state index contributed by atoms with van der Waals surface area (Å²) in [5.74, 6) is 0.703. The first-order valence-corrected chi connectivity index (χ1v) is 7.08. The fraction of sp³-hybridized carbons (Fsp3) is 0.375. The van der Waals surface area contributed by atoms with Crippen LogP contribution in [0.2, 0.25) is 0 Å². The van der Waals surface area contributed by atoms with Crippen LogP contribution in [0.5, 0.6) is 5.75 Å². The molecular weight excluding hydrogens is 266 g/mol. The Labute approximate surface area is 125 Å². The summed E-state index contributed by atoms with van der Waals surface area (Å²) >= 11 is 0. The molecule has 1 amide bonds. The minimum atomic E-state index is -0.0942. The van der Waals surface area contributed by atoms with Crippen molar-refractivity contribution < 1.29 is 9.53 Å². The highest BCUT2D eigenvalue weighted by Crippen LogP contribution is 2.21. The van der Waals surface area contributed by atoms with E-state index in [0.717, 1.165) is 29.8 Å². The highest BCUT2D eigenvalue weighted by atomic mass is 16.5. The summed E-state index contributed by atoms with van der Waals surface area (Å²) in [5, 5.41) is 2.86. The number of benzene rings is 1. The van der Waals surface area contributed by atoms with Gasteiger partial charge in [0, 0.05) is 25.5 Å². The van der Waals surface area contributed by atoms with Crippen LogP contribution in [0.15, 0.2) is 36.9 Å². The van der Waals surface area contributed by atoms with Crippen molar-refractivity contribution in [1.82, 2.24) is 14.9 Å². The topological polar surface area (TPSA) is 56.1 Å². The molecule has 5 nitrogen and oxygen atoms in total. The van der Waals surface area contributed by atoms with Crippen molar-refractivity contribution >= 4 is 5.91 Å². The number of carbonyl (C=O) groups excluding carboxylic acids is 1. The standard InChI is InChI=1S/C16H21N3O2/c1-13-5-3-6-14(2)16(13)21-11-15(20)18-7-4-9-19-10-8-17-12-19/h3,5-6,8,10,12H,4,7,9,11H2,1-2H3,(H,18,20). The van der Waals surface area contributed by atoms with E-state index in [0.29, 0.717) is 6.54 Å². The van der Waals surface area contributed by atoms with E-state index in [1.807, 2.05) is 42.8 Å². The van der Waals surface area contributed by atoms with Gasteiger partial charge in [0.05, 0.1) is 6.33 Å². The maximum atomic E-state index is 11.7. The third-order valence-corrected chi connectivity index (χ3v) is 3.23. The zero-order valence-corrected chi connectivity index (χ0v) is 12.5. The van der Waals surface area contributed by atoms with Crippen molar-refractivity contribution in [2.24, 2.45) is 0 Å². The first kappa shape index (κ1) is 15.1. The number of hydrogen-bond acceptors (Lipinski definition) is 3. The zero-order chi connectivity index (χ0) is 15.1. The van der Waals surface area contributed by atoms with Crippen molar-refractivity contribution in [3.05, 3.63) is 48.0 Å². The number of nitrogens with one attached hydrogen (secondary N) is 1. The molecule has 0 fully saturated rings. The predicted octanol–water partition coefficient (Wildman–Crippen LogP) is 2.09. The van der Waals surface area contributed by atoms with Crippen molar-refractivity contribution in [3.63, 3.8) is 0 Å². The maximum absolute atomic E-state index is 11.7. The first-order valence-electron chi connectivity index (χ1n) is 7.08. The molecule has 2 aromatic rings. The van der Waals surface area contributed by atoms with Gasteiger partial charge in [0.25, 0.3) is 5.91 Å². The SMILES string of the molecule is Cc1cccc(C)c1OCC(=O)NCCCn1ccnc1. The molecule has 0 bridgehead atoms. The number of nitrogens with zero attached hydrogens (tertiary/aromatic N) is 2. The lowest BCUT2D eigenvalue weighted by molar-refractivity contribution is -0.123. The highest BCUT2D eigenvalue weighted by molar-refractivity contribution is 5.77. The number of rotatable bonds is 7. The van der Waals surface area contributed by atoms with E-state index >= 15 is 0 Å². The Bertz CT molecular complexity index is 559. The minimum absolute atomic E-state index is 0.0523. The third kappa shape index (κ3) is 4.63. The molecule has 1 aromatic heterocycles. The molecule has 0 atom stereocenters. The lowest BCUT2D eigenvalue weighted by Crippen LogP contribution is -2.30. The van der Waals surface area contributed by atoms with Crippen LogP contribution >= 0.6 is 0 Å². The lowest BCUT2D eigenvalue weighted by atomic mass is 10.1. The molecule has 112 valence electrons. The van der Waals surface area contributed by atoms with Gasteiger partial charge in [-0.2, -0.15) is 0 Å². The van der Waals surface area contributed by atoms with Crippen LogP contribution < -0.4 is 10.1 Å². The van der Waals surface area contributed by atoms with Crippen molar-refractivity contribution in [1.29, 1.82) is 0 Å². The van der Waals surface area contributed by atoms with Gasteiger partial charge in [0.2, 0.25) is 0 Å². The monoisotopic (exact) mass is 287 g/mol. The molecule has 0 aliphatic rings. The molecule has 0 saturated heterocycles. The Morgan fingerprint density at radius 1 is 1.33 bits per heavy atom. The second-order valence-electron chi connectivity index (χ2n) is 5.01. The Morgan fingerprint density at radius 2 is 2.10 bits per heavy atom. The zero-order valence-electron chi connectivity index (χ0n) is 12.5. The van der Waals surface area contributed by atoms with Crippen molar-refractivity contribution in [2.75, 3.05) is 13.2 Å². The number of imidazole rings is 1. The molecule has 5 heteroatoms. The summed E-state index contributed by atoms with van der Waals surface area (Å²) in [6.07, 6.45) is 6.29. The molecule has 2 rings (SSSR count). The number of para-hydroxylation sites is 1. The van der Waals surface area contributed by atoms with Gasteiger partial charge in [-0.15, -0.1) is 0 Å². The van der Waals surface area contributed by atoms with Crippen LogP contribution in [0.3, 0.4) is 0 Å². The van der Waals surface area contributed by atoms with E-state index < -0.39 is 0 Å². The average molecular weight is 287 g/mol. The number of aryl methyl sites for hydroxylation is 3. The summed E-state index contributed by atoms with van der Waals surface area (Å²) in [4.78, 5) is 15.7. The number of hydrogen-bond donors (Lipinski definition) is 1. The van der Waals surface area contributed by atoms with Crippen LogP contribution in [0.25, 0.3) is 0 Å². The van der Waals surface area contributed by atoms with Gasteiger partial charge in [-0.1, -0.05) is 18.2 Å². The molecule has 0 unspecified atom stereocenters. The quantitative estimate of drug-likeness (QED) is 0.793.